The Kier molecular flexibility index (Phi) is 5.29. The Morgan fingerprint density at radius 3 is 2.71 bits per heavy atom. The summed E-state index contributed by atoms with van der Waals surface area (Å²) in [6.07, 6.45) is 8.58. The van der Waals surface area contributed by atoms with Crippen LogP contribution >= 0.6 is 31.9 Å². The Labute approximate surface area is 120 Å². The molecule has 0 radical (unpaired) electrons. The van der Waals surface area contributed by atoms with Gasteiger partial charge in [-0.3, -0.25) is 0 Å². The summed E-state index contributed by atoms with van der Waals surface area (Å²) < 4.78 is 1.10. The predicted octanol–water partition coefficient (Wildman–Crippen LogP) is 4.38. The Morgan fingerprint density at radius 2 is 2.06 bits per heavy atom. The van der Waals surface area contributed by atoms with E-state index in [-0.39, 0.29) is 0 Å². The van der Waals surface area contributed by atoms with Crippen molar-refractivity contribution in [2.45, 2.75) is 38.1 Å². The van der Waals surface area contributed by atoms with Gasteiger partial charge in [-0.05, 0) is 40.9 Å². The summed E-state index contributed by atoms with van der Waals surface area (Å²) >= 11 is 7.17. The van der Waals surface area contributed by atoms with Crippen molar-refractivity contribution in [2.24, 2.45) is 0 Å². The first-order valence-corrected chi connectivity index (χ1v) is 8.17. The molecule has 0 N–H and O–H groups in total. The molecule has 1 aromatic rings. The van der Waals surface area contributed by atoms with E-state index in [4.69, 9.17) is 0 Å². The number of halogens is 2. The van der Waals surface area contributed by atoms with Gasteiger partial charge in [0.25, 0.3) is 0 Å². The second-order valence-electron chi connectivity index (χ2n) is 4.48. The quantitative estimate of drug-likeness (QED) is 0.740. The van der Waals surface area contributed by atoms with Crippen LogP contribution in [-0.2, 0) is 0 Å². The lowest BCUT2D eigenvalue weighted by molar-refractivity contribution is 0.417. The molecule has 0 bridgehead atoms. The summed E-state index contributed by atoms with van der Waals surface area (Å²) in [5.74, 6) is 1.10. The van der Waals surface area contributed by atoms with Gasteiger partial charge >= 0.3 is 0 Å². The van der Waals surface area contributed by atoms with E-state index in [1.54, 1.807) is 0 Å². The van der Waals surface area contributed by atoms with Crippen molar-refractivity contribution in [1.82, 2.24) is 4.98 Å². The van der Waals surface area contributed by atoms with Crippen LogP contribution < -0.4 is 4.90 Å². The van der Waals surface area contributed by atoms with E-state index in [2.05, 4.69) is 47.8 Å². The second kappa shape index (κ2) is 6.74. The van der Waals surface area contributed by atoms with Gasteiger partial charge in [-0.2, -0.15) is 0 Å². The summed E-state index contributed by atoms with van der Waals surface area (Å²) in [5, 5.41) is 0.993. The first-order chi connectivity index (χ1) is 8.33. The largest absolute Gasteiger partial charge is 0.352 e. The van der Waals surface area contributed by atoms with Crippen molar-refractivity contribution in [2.75, 3.05) is 16.8 Å². The van der Waals surface area contributed by atoms with Gasteiger partial charge < -0.3 is 4.90 Å². The summed E-state index contributed by atoms with van der Waals surface area (Å²) in [6, 6.07) is 4.71. The second-order valence-corrected chi connectivity index (χ2v) is 6.13. The van der Waals surface area contributed by atoms with E-state index in [1.165, 1.54) is 32.1 Å². The Morgan fingerprint density at radius 1 is 1.29 bits per heavy atom. The average molecular weight is 362 g/mol. The van der Waals surface area contributed by atoms with Gasteiger partial charge in [0.05, 0.1) is 4.47 Å². The third kappa shape index (κ3) is 3.44. The zero-order valence-electron chi connectivity index (χ0n) is 9.91. The van der Waals surface area contributed by atoms with Crippen LogP contribution in [0, 0.1) is 0 Å². The molecule has 1 saturated carbocycles. The first-order valence-electron chi connectivity index (χ1n) is 6.26. The van der Waals surface area contributed by atoms with Crippen LogP contribution in [0.5, 0.6) is 0 Å². The molecule has 1 aromatic heterocycles. The predicted molar refractivity (Wildman–Crippen MR) is 80.0 cm³/mol. The fourth-order valence-electron chi connectivity index (χ4n) is 2.53. The van der Waals surface area contributed by atoms with E-state index < -0.39 is 0 Å². The molecule has 0 spiro atoms. The summed E-state index contributed by atoms with van der Waals surface area (Å²) in [4.78, 5) is 6.99. The van der Waals surface area contributed by atoms with Crippen molar-refractivity contribution in [3.05, 3.63) is 22.8 Å². The lowest BCUT2D eigenvalue weighted by Gasteiger charge is -2.35. The monoisotopic (exact) mass is 360 g/mol. The molecule has 1 aliphatic carbocycles. The molecular weight excluding hydrogens is 344 g/mol. The normalized spacial score (nSPS) is 17.1. The molecule has 1 aliphatic rings. The van der Waals surface area contributed by atoms with E-state index >= 15 is 0 Å². The molecule has 2 nitrogen and oxygen atoms in total. The van der Waals surface area contributed by atoms with Crippen LogP contribution in [0.4, 0.5) is 5.82 Å². The molecule has 0 saturated heterocycles. The maximum absolute atomic E-state index is 4.53. The maximum atomic E-state index is 4.53. The van der Waals surface area contributed by atoms with Gasteiger partial charge in [0.15, 0.2) is 0 Å². The third-order valence-corrected chi connectivity index (χ3v) is 4.33. The van der Waals surface area contributed by atoms with E-state index in [1.807, 2.05) is 12.3 Å². The van der Waals surface area contributed by atoms with Crippen LogP contribution in [0.1, 0.15) is 32.1 Å². The zero-order chi connectivity index (χ0) is 12.1. The van der Waals surface area contributed by atoms with E-state index in [0.29, 0.717) is 6.04 Å². The molecule has 0 atom stereocenters. The van der Waals surface area contributed by atoms with Gasteiger partial charge in [0.1, 0.15) is 5.82 Å². The number of hydrogen-bond acceptors (Lipinski definition) is 2. The third-order valence-electron chi connectivity index (χ3n) is 3.35. The summed E-state index contributed by atoms with van der Waals surface area (Å²) in [6.45, 7) is 1.03. The van der Waals surface area contributed by atoms with Crippen molar-refractivity contribution >= 4 is 37.7 Å². The molecule has 1 fully saturated rings. The van der Waals surface area contributed by atoms with Gasteiger partial charge in [-0.25, -0.2) is 4.98 Å². The van der Waals surface area contributed by atoms with Gasteiger partial charge in [-0.15, -0.1) is 0 Å². The van der Waals surface area contributed by atoms with Crippen molar-refractivity contribution in [3.63, 3.8) is 0 Å². The van der Waals surface area contributed by atoms with Gasteiger partial charge in [0, 0.05) is 24.1 Å². The van der Waals surface area contributed by atoms with Crippen LogP contribution in [0.15, 0.2) is 22.8 Å². The number of nitrogens with zero attached hydrogens (tertiary/aromatic N) is 2. The lowest BCUT2D eigenvalue weighted by atomic mass is 9.94. The van der Waals surface area contributed by atoms with Crippen molar-refractivity contribution < 1.29 is 0 Å². The van der Waals surface area contributed by atoms with Crippen LogP contribution in [-0.4, -0.2) is 22.9 Å². The fraction of sp³-hybridized carbons (Fsp3) is 0.615. The first kappa shape index (κ1) is 13.3. The molecule has 0 unspecified atom stereocenters. The van der Waals surface area contributed by atoms with E-state index in [9.17, 15) is 0 Å². The Hall–Kier alpha value is -0.0900. The van der Waals surface area contributed by atoms with Crippen LogP contribution in [0.25, 0.3) is 0 Å². The van der Waals surface area contributed by atoms with Crippen molar-refractivity contribution in [3.8, 4) is 0 Å². The standard InChI is InChI=1S/C13H18Br2N2/c14-8-10-17(11-5-2-1-3-6-11)13-12(15)7-4-9-16-13/h4,7,9,11H,1-3,5-6,8,10H2. The summed E-state index contributed by atoms with van der Waals surface area (Å²) in [5.41, 5.74) is 0. The molecule has 0 aromatic carbocycles. The minimum Gasteiger partial charge on any atom is -0.352 e. The minimum atomic E-state index is 0.660. The molecule has 0 aliphatic heterocycles. The molecule has 0 amide bonds. The molecule has 1 heterocycles. The van der Waals surface area contributed by atoms with E-state index in [0.717, 1.165) is 22.2 Å². The fourth-order valence-corrected chi connectivity index (χ4v) is 3.40. The molecule has 17 heavy (non-hydrogen) atoms. The highest BCUT2D eigenvalue weighted by Crippen LogP contribution is 2.30. The number of pyridine rings is 1. The summed E-state index contributed by atoms with van der Waals surface area (Å²) in [7, 11) is 0. The van der Waals surface area contributed by atoms with Crippen LogP contribution in [0.2, 0.25) is 0 Å². The zero-order valence-corrected chi connectivity index (χ0v) is 13.1. The number of alkyl halides is 1. The number of anilines is 1. The highest BCUT2D eigenvalue weighted by atomic mass is 79.9. The Balaban J connectivity index is 2.18. The molecule has 2 rings (SSSR count). The van der Waals surface area contributed by atoms with Crippen LogP contribution in [0.3, 0.4) is 0 Å². The number of rotatable bonds is 4. The smallest absolute Gasteiger partial charge is 0.143 e. The minimum absolute atomic E-state index is 0.660. The lowest BCUT2D eigenvalue weighted by Crippen LogP contribution is -2.39. The van der Waals surface area contributed by atoms with Gasteiger partial charge in [-0.1, -0.05) is 35.2 Å². The highest BCUT2D eigenvalue weighted by molar-refractivity contribution is 9.10. The molecule has 94 valence electrons. The van der Waals surface area contributed by atoms with Gasteiger partial charge in [0.2, 0.25) is 0 Å². The number of aromatic nitrogens is 1. The SMILES string of the molecule is BrCCN(c1ncccc1Br)C1CCCCC1. The van der Waals surface area contributed by atoms with Crippen molar-refractivity contribution in [1.29, 1.82) is 0 Å². The molecular formula is C13H18Br2N2. The highest BCUT2D eigenvalue weighted by Gasteiger charge is 2.23. The maximum Gasteiger partial charge on any atom is 0.143 e. The average Bonchev–Trinajstić information content (AvgIpc) is 2.38. The topological polar surface area (TPSA) is 16.1 Å². The Bertz CT molecular complexity index is 351. The number of hydrogen-bond donors (Lipinski definition) is 0. The molecule has 4 heteroatoms.